The van der Waals surface area contributed by atoms with E-state index in [9.17, 15) is 18.6 Å². The van der Waals surface area contributed by atoms with E-state index < -0.39 is 10.1 Å². The molecule has 0 spiro atoms. The van der Waals surface area contributed by atoms with Crippen molar-refractivity contribution < 1.29 is 52.7 Å². The number of rotatable bonds is 1. The van der Waals surface area contributed by atoms with Gasteiger partial charge >= 0.3 is 29.6 Å². The molecule has 5 nitrogen and oxygen atoms in total. The van der Waals surface area contributed by atoms with Crippen molar-refractivity contribution in [3.05, 3.63) is 30.3 Å². The summed E-state index contributed by atoms with van der Waals surface area (Å²) in [6.07, 6.45) is 0. The second-order valence-corrected chi connectivity index (χ2v) is 4.75. The van der Waals surface area contributed by atoms with Crippen molar-refractivity contribution in [2.24, 2.45) is 0 Å². The van der Waals surface area contributed by atoms with E-state index in [4.69, 9.17) is 4.55 Å². The molecule has 0 radical (unpaired) electrons. The van der Waals surface area contributed by atoms with E-state index in [0.717, 1.165) is 0 Å². The first kappa shape index (κ1) is 14.3. The van der Waals surface area contributed by atoms with Crippen LogP contribution < -0.4 is 29.6 Å². The molecule has 2 rings (SSSR count). The third-order valence-corrected chi connectivity index (χ3v) is 3.05. The van der Waals surface area contributed by atoms with Gasteiger partial charge in [0.1, 0.15) is 0 Å². The molecule has 0 amide bonds. The second kappa shape index (κ2) is 4.83. The van der Waals surface area contributed by atoms with Gasteiger partial charge in [-0.2, -0.15) is 8.42 Å². The minimum atomic E-state index is -4.26. The number of phenolic OH excluding ortho intramolecular Hbond substituents is 2. The molecule has 0 atom stereocenters. The fourth-order valence-corrected chi connectivity index (χ4v) is 1.93. The van der Waals surface area contributed by atoms with Crippen molar-refractivity contribution >= 4 is 20.9 Å². The van der Waals surface area contributed by atoms with Gasteiger partial charge in [-0.05, 0) is 35.0 Å². The van der Waals surface area contributed by atoms with Gasteiger partial charge in [-0.3, -0.25) is 4.55 Å². The van der Waals surface area contributed by atoms with Gasteiger partial charge in [0.2, 0.25) is 0 Å². The predicted octanol–water partition coefficient (Wildman–Crippen LogP) is -1.50. The van der Waals surface area contributed by atoms with Crippen molar-refractivity contribution in [3.8, 4) is 11.5 Å². The summed E-state index contributed by atoms with van der Waals surface area (Å²) in [5.41, 5.74) is 0. The van der Waals surface area contributed by atoms with Crippen LogP contribution in [0.1, 0.15) is 0 Å². The van der Waals surface area contributed by atoms with Gasteiger partial charge in [0.05, 0.1) is 4.90 Å². The second-order valence-electron chi connectivity index (χ2n) is 3.32. The van der Waals surface area contributed by atoms with Gasteiger partial charge < -0.3 is 10.2 Å². The summed E-state index contributed by atoms with van der Waals surface area (Å²) in [6.45, 7) is 0. The molecule has 0 aliphatic heterocycles. The first-order valence-electron chi connectivity index (χ1n) is 4.31. The Morgan fingerprint density at radius 3 is 1.94 bits per heavy atom. The number of aromatic hydroxyl groups is 2. The Morgan fingerprint density at radius 1 is 0.882 bits per heavy atom. The molecule has 0 bridgehead atoms. The van der Waals surface area contributed by atoms with E-state index in [1.807, 2.05) is 0 Å². The molecule has 3 N–H and O–H groups in total. The maximum absolute atomic E-state index is 10.9. The van der Waals surface area contributed by atoms with Gasteiger partial charge in [0.15, 0.2) is 11.5 Å². The minimum Gasteiger partial charge on any atom is -0.504 e. The van der Waals surface area contributed by atoms with Crippen LogP contribution >= 0.6 is 0 Å². The smallest absolute Gasteiger partial charge is 0.504 e. The zero-order chi connectivity index (χ0) is 11.9. The van der Waals surface area contributed by atoms with Gasteiger partial charge in [-0.25, -0.2) is 0 Å². The quantitative estimate of drug-likeness (QED) is 0.331. The topological polar surface area (TPSA) is 94.8 Å². The molecule has 0 saturated heterocycles. The Labute approximate surface area is 120 Å². The minimum absolute atomic E-state index is 0. The van der Waals surface area contributed by atoms with Crippen molar-refractivity contribution in [3.63, 3.8) is 0 Å². The Bertz CT molecular complexity index is 666. The molecule has 0 aliphatic rings. The van der Waals surface area contributed by atoms with Crippen LogP contribution in [0.15, 0.2) is 35.2 Å². The number of hydrogen-bond donors (Lipinski definition) is 3. The zero-order valence-corrected chi connectivity index (χ0v) is 11.8. The first-order chi connectivity index (χ1) is 7.38. The van der Waals surface area contributed by atoms with Crippen LogP contribution in [0.4, 0.5) is 0 Å². The zero-order valence-electron chi connectivity index (χ0n) is 8.95. The average molecular weight is 263 g/mol. The number of phenols is 2. The van der Waals surface area contributed by atoms with Gasteiger partial charge in [0.25, 0.3) is 10.1 Å². The van der Waals surface area contributed by atoms with Crippen molar-refractivity contribution in [1.29, 1.82) is 0 Å². The van der Waals surface area contributed by atoms with Gasteiger partial charge in [0, 0.05) is 0 Å². The molecule has 17 heavy (non-hydrogen) atoms. The number of fused-ring (bicyclic) bond motifs is 1. The molecule has 0 unspecified atom stereocenters. The maximum atomic E-state index is 10.9. The molecule has 0 fully saturated rings. The van der Waals surface area contributed by atoms with E-state index >= 15 is 0 Å². The summed E-state index contributed by atoms with van der Waals surface area (Å²) in [7, 11) is -4.26. The number of hydrogen-bond acceptors (Lipinski definition) is 4. The van der Waals surface area contributed by atoms with Crippen LogP contribution in [-0.2, 0) is 10.1 Å². The average Bonchev–Trinajstić information content (AvgIpc) is 2.17. The van der Waals surface area contributed by atoms with Crippen molar-refractivity contribution in [2.75, 3.05) is 0 Å². The normalized spacial score (nSPS) is 11.1. The molecule has 7 heteroatoms. The molecule has 84 valence electrons. The molecule has 2 aromatic rings. The summed E-state index contributed by atoms with van der Waals surface area (Å²) in [6, 6.07) is 6.38. The molecule has 0 aliphatic carbocycles. The molecule has 0 aromatic heterocycles. The van der Waals surface area contributed by atoms with Crippen molar-refractivity contribution in [2.45, 2.75) is 4.90 Å². The summed E-state index contributed by atoms with van der Waals surface area (Å²) >= 11 is 0. The third kappa shape index (κ3) is 2.91. The Balaban J connectivity index is 0.00000144. The molecule has 2 aromatic carbocycles. The fraction of sp³-hybridized carbons (Fsp3) is 0. The fourth-order valence-electron chi connectivity index (χ4n) is 1.41. The van der Waals surface area contributed by atoms with Gasteiger partial charge in [-0.15, -0.1) is 0 Å². The monoisotopic (exact) mass is 263 g/mol. The van der Waals surface area contributed by atoms with Crippen LogP contribution in [-0.4, -0.2) is 23.2 Å². The molecule has 0 saturated carbocycles. The molecule has 0 heterocycles. The molecular formula is C10H8NaO5S+. The maximum Gasteiger partial charge on any atom is 1.00 e. The van der Waals surface area contributed by atoms with E-state index in [-0.39, 0.29) is 46.0 Å². The Kier molecular flexibility index (Phi) is 4.06. The van der Waals surface area contributed by atoms with E-state index in [1.54, 1.807) is 0 Å². The molecular weight excluding hydrogens is 255 g/mol. The van der Waals surface area contributed by atoms with Crippen LogP contribution in [0.5, 0.6) is 11.5 Å². The Hall–Kier alpha value is -0.790. The van der Waals surface area contributed by atoms with Crippen LogP contribution in [0.2, 0.25) is 0 Å². The van der Waals surface area contributed by atoms with Crippen LogP contribution in [0, 0.1) is 0 Å². The summed E-state index contributed by atoms with van der Waals surface area (Å²) in [4.78, 5) is -0.259. The van der Waals surface area contributed by atoms with Crippen LogP contribution in [0.25, 0.3) is 10.8 Å². The Morgan fingerprint density at radius 2 is 1.41 bits per heavy atom. The number of benzene rings is 2. The summed E-state index contributed by atoms with van der Waals surface area (Å²) in [5.74, 6) is -0.632. The summed E-state index contributed by atoms with van der Waals surface area (Å²) in [5, 5.41) is 19.4. The first-order valence-corrected chi connectivity index (χ1v) is 5.75. The SMILES string of the molecule is O=S(=O)(O)c1ccc2cc(O)c(O)cc2c1.[Na+]. The standard InChI is InChI=1S/C10H8O5S.Na/c11-9-4-6-1-2-8(16(13,14)15)3-7(6)5-10(9)12;/h1-5,11-12H,(H,13,14,15);/q;+1. The van der Waals surface area contributed by atoms with E-state index in [2.05, 4.69) is 0 Å². The van der Waals surface area contributed by atoms with Crippen LogP contribution in [0.3, 0.4) is 0 Å². The van der Waals surface area contributed by atoms with E-state index in [0.29, 0.717) is 10.8 Å². The van der Waals surface area contributed by atoms with Crippen molar-refractivity contribution in [1.82, 2.24) is 0 Å². The summed E-state index contributed by atoms with van der Waals surface area (Å²) < 4.78 is 30.6. The predicted molar refractivity (Wildman–Crippen MR) is 57.1 cm³/mol. The third-order valence-electron chi connectivity index (χ3n) is 2.20. The van der Waals surface area contributed by atoms with E-state index in [1.165, 1.54) is 30.3 Å². The largest absolute Gasteiger partial charge is 1.00 e. The van der Waals surface area contributed by atoms with Gasteiger partial charge in [-0.1, -0.05) is 6.07 Å².